The van der Waals surface area contributed by atoms with E-state index >= 15 is 0 Å². The maximum atomic E-state index is 13.9. The van der Waals surface area contributed by atoms with Crippen LogP contribution in [0.5, 0.6) is 0 Å². The Bertz CT molecular complexity index is 1310. The molecule has 0 fully saturated rings. The minimum atomic E-state index is -1.49. The third-order valence-corrected chi connectivity index (χ3v) is 9.07. The summed E-state index contributed by atoms with van der Waals surface area (Å²) in [7, 11) is 1.40. The van der Waals surface area contributed by atoms with Crippen LogP contribution in [0.2, 0.25) is 0 Å². The number of nitrogens with two attached hydrogens (primary N) is 3. The van der Waals surface area contributed by atoms with E-state index in [0.29, 0.717) is 32.2 Å². The largest absolute Gasteiger partial charge is 0.370 e. The van der Waals surface area contributed by atoms with Crippen molar-refractivity contribution in [2.45, 2.75) is 136 Å². The van der Waals surface area contributed by atoms with Gasteiger partial charge in [0.1, 0.15) is 36.3 Å². The fourth-order valence-electron chi connectivity index (χ4n) is 5.35. The lowest BCUT2D eigenvalue weighted by atomic mass is 9.94. The van der Waals surface area contributed by atoms with Crippen molar-refractivity contribution in [2.24, 2.45) is 35.0 Å². The van der Waals surface area contributed by atoms with Gasteiger partial charge in [0.2, 0.25) is 53.2 Å². The second-order valence-corrected chi connectivity index (χ2v) is 13.9. The molecule has 0 rings (SSSR count). The summed E-state index contributed by atoms with van der Waals surface area (Å²) in [6.07, 6.45) is 1.05. The van der Waals surface area contributed by atoms with Crippen molar-refractivity contribution in [3.8, 4) is 0 Å². The topological polar surface area (TPSA) is 316 Å². The summed E-state index contributed by atoms with van der Waals surface area (Å²) >= 11 is 0. The van der Waals surface area contributed by atoms with Gasteiger partial charge in [0.05, 0.1) is 6.42 Å². The van der Waals surface area contributed by atoms with E-state index in [9.17, 15) is 43.2 Å². The van der Waals surface area contributed by atoms with Crippen molar-refractivity contribution in [2.75, 3.05) is 13.6 Å². The van der Waals surface area contributed by atoms with E-state index in [0.717, 1.165) is 0 Å². The molecule has 8 atom stereocenters. The molecule has 0 saturated heterocycles. The van der Waals surface area contributed by atoms with Gasteiger partial charge >= 0.3 is 0 Å². The van der Waals surface area contributed by atoms with Crippen LogP contribution in [0.25, 0.3) is 0 Å². The van der Waals surface area contributed by atoms with Gasteiger partial charge < -0.3 is 54.4 Å². The molecule has 19 heteroatoms. The predicted octanol–water partition coefficient (Wildman–Crippen LogP) is -2.32. The van der Waals surface area contributed by atoms with Crippen molar-refractivity contribution in [3.05, 3.63) is 0 Å². The number of primary amides is 2. The van der Waals surface area contributed by atoms with Crippen LogP contribution in [0, 0.1) is 17.8 Å². The van der Waals surface area contributed by atoms with E-state index in [1.165, 1.54) is 14.0 Å². The van der Waals surface area contributed by atoms with Crippen LogP contribution in [-0.2, 0) is 43.2 Å². The summed E-state index contributed by atoms with van der Waals surface area (Å²) in [5, 5.41) is 17.9. The van der Waals surface area contributed by atoms with E-state index in [-0.39, 0.29) is 25.2 Å². The number of unbranched alkanes of at least 4 members (excludes halogenated alkanes) is 1. The van der Waals surface area contributed by atoms with Gasteiger partial charge in [-0.1, -0.05) is 54.4 Å². The van der Waals surface area contributed by atoms with Gasteiger partial charge in [0.25, 0.3) is 0 Å². The van der Waals surface area contributed by atoms with Gasteiger partial charge in [0.15, 0.2) is 0 Å². The van der Waals surface area contributed by atoms with Gasteiger partial charge in [-0.2, -0.15) is 0 Å². The third kappa shape index (κ3) is 17.8. The van der Waals surface area contributed by atoms with Crippen LogP contribution < -0.4 is 54.4 Å². The van der Waals surface area contributed by atoms with E-state index in [2.05, 4.69) is 37.2 Å². The fourth-order valence-corrected chi connectivity index (χ4v) is 5.35. The minimum absolute atomic E-state index is 0.207. The molecule has 0 aromatic carbocycles. The Hall–Kier alpha value is -4.81. The van der Waals surface area contributed by atoms with Crippen LogP contribution in [-0.4, -0.2) is 103 Å². The van der Waals surface area contributed by atoms with E-state index < -0.39 is 108 Å². The van der Waals surface area contributed by atoms with Gasteiger partial charge in [-0.05, 0) is 50.0 Å². The number of carbonyl (C=O) groups is 9. The standard InChI is InChI=1S/C35H64N10O9/c1-9-19(5)28(34(53)43-24(17-26(38)48)32(51)41-22(30(49)39-8)13-11-12-16-36)45-35(54)29(20(6)10-2)44-31(50)23(14-15-25(37)47)42-33(52)27(18(3)4)40-21(7)46/h18-20,22-24,27-29H,9-17,36H2,1-8H3,(H2,37,47)(H2,38,48)(H,39,49)(H,40,46)(H,41,51)(H,42,52)(H,43,53)(H,44,50)(H,45,54)/t19-,20-,22-,23-,24-,27-,28-,29-/m0/s1. The van der Waals surface area contributed by atoms with Crippen molar-refractivity contribution in [3.63, 3.8) is 0 Å². The smallest absolute Gasteiger partial charge is 0.243 e. The first-order valence-electron chi connectivity index (χ1n) is 18.5. The number of carbonyl (C=O) groups excluding carboxylic acids is 9. The number of hydrogen-bond donors (Lipinski definition) is 10. The first-order chi connectivity index (χ1) is 25.2. The normalized spacial score (nSPS) is 15.4. The summed E-state index contributed by atoms with van der Waals surface area (Å²) in [6.45, 7) is 11.9. The molecular weight excluding hydrogens is 704 g/mol. The first kappa shape index (κ1) is 49.2. The molecule has 9 amide bonds. The van der Waals surface area contributed by atoms with E-state index in [1.807, 2.05) is 0 Å². The highest BCUT2D eigenvalue weighted by Gasteiger charge is 2.36. The summed E-state index contributed by atoms with van der Waals surface area (Å²) in [4.78, 5) is 116. The molecule has 13 N–H and O–H groups in total. The van der Waals surface area contributed by atoms with Gasteiger partial charge in [-0.25, -0.2) is 0 Å². The van der Waals surface area contributed by atoms with Gasteiger partial charge in [-0.15, -0.1) is 0 Å². The SMILES string of the molecule is CC[C@H](C)[C@H](NC(=O)[C@H](CCC(N)=O)NC(=O)[C@@H](NC(C)=O)C(C)C)C(=O)N[C@H](C(=O)N[C@@H](CC(N)=O)C(=O)N[C@@H](CCCCN)C(=O)NC)[C@@H](C)CC. The maximum Gasteiger partial charge on any atom is 0.243 e. The van der Waals surface area contributed by atoms with Crippen LogP contribution in [0.3, 0.4) is 0 Å². The molecular formula is C35H64N10O9. The summed E-state index contributed by atoms with van der Waals surface area (Å²) in [5.74, 6) is -7.89. The Morgan fingerprint density at radius 2 is 0.981 bits per heavy atom. The Morgan fingerprint density at radius 1 is 0.537 bits per heavy atom. The average molecular weight is 769 g/mol. The first-order valence-corrected chi connectivity index (χ1v) is 18.5. The van der Waals surface area contributed by atoms with Crippen molar-refractivity contribution < 1.29 is 43.2 Å². The van der Waals surface area contributed by atoms with E-state index in [1.54, 1.807) is 41.5 Å². The van der Waals surface area contributed by atoms with Gasteiger partial charge in [-0.3, -0.25) is 43.2 Å². The lowest BCUT2D eigenvalue weighted by Gasteiger charge is -2.31. The second kappa shape index (κ2) is 25.3. The second-order valence-electron chi connectivity index (χ2n) is 13.9. The van der Waals surface area contributed by atoms with Gasteiger partial charge in [0, 0.05) is 20.4 Å². The van der Waals surface area contributed by atoms with Crippen LogP contribution >= 0.6 is 0 Å². The quantitative estimate of drug-likeness (QED) is 0.0419. The summed E-state index contributed by atoms with van der Waals surface area (Å²) in [6, 6.07) is -7.30. The van der Waals surface area contributed by atoms with Crippen LogP contribution in [0.1, 0.15) is 99.8 Å². The molecule has 0 aromatic rings. The number of hydrogen-bond acceptors (Lipinski definition) is 10. The van der Waals surface area contributed by atoms with Crippen LogP contribution in [0.4, 0.5) is 0 Å². The summed E-state index contributed by atoms with van der Waals surface area (Å²) in [5.41, 5.74) is 16.3. The molecule has 0 saturated carbocycles. The zero-order valence-electron chi connectivity index (χ0n) is 33.0. The molecule has 0 aliphatic rings. The monoisotopic (exact) mass is 768 g/mol. The van der Waals surface area contributed by atoms with Crippen molar-refractivity contribution >= 4 is 53.2 Å². The average Bonchev–Trinajstić information content (AvgIpc) is 3.10. The molecule has 0 aromatic heterocycles. The zero-order valence-corrected chi connectivity index (χ0v) is 33.0. The fraction of sp³-hybridized carbons (Fsp3) is 0.743. The lowest BCUT2D eigenvalue weighted by Crippen LogP contribution is -2.62. The number of nitrogens with one attached hydrogen (secondary N) is 7. The Kier molecular flexibility index (Phi) is 23.0. The molecule has 0 radical (unpaired) electrons. The predicted molar refractivity (Wildman–Crippen MR) is 200 cm³/mol. The Labute approximate surface area is 317 Å². The van der Waals surface area contributed by atoms with Crippen molar-refractivity contribution in [1.29, 1.82) is 0 Å². The highest BCUT2D eigenvalue weighted by molar-refractivity contribution is 5.98. The molecule has 19 nitrogen and oxygen atoms in total. The number of amides is 9. The molecule has 54 heavy (non-hydrogen) atoms. The molecule has 0 aliphatic heterocycles. The highest BCUT2D eigenvalue weighted by Crippen LogP contribution is 2.14. The lowest BCUT2D eigenvalue weighted by molar-refractivity contribution is -0.137. The third-order valence-electron chi connectivity index (χ3n) is 9.07. The molecule has 0 unspecified atom stereocenters. The number of likely N-dealkylation sites (N-methyl/N-ethyl adjacent to an activating group) is 1. The number of rotatable bonds is 26. The molecule has 0 bridgehead atoms. The molecule has 0 spiro atoms. The van der Waals surface area contributed by atoms with Crippen LogP contribution in [0.15, 0.2) is 0 Å². The Morgan fingerprint density at radius 3 is 1.43 bits per heavy atom. The minimum Gasteiger partial charge on any atom is -0.370 e. The Balaban J connectivity index is 6.38. The zero-order chi connectivity index (χ0) is 41.7. The highest BCUT2D eigenvalue weighted by atomic mass is 16.2. The molecule has 0 heterocycles. The summed E-state index contributed by atoms with van der Waals surface area (Å²) < 4.78 is 0. The van der Waals surface area contributed by atoms with E-state index in [4.69, 9.17) is 17.2 Å². The van der Waals surface area contributed by atoms with Crippen molar-refractivity contribution in [1.82, 2.24) is 37.2 Å². The molecule has 0 aliphatic carbocycles. The maximum absolute atomic E-state index is 13.9. The molecule has 308 valence electrons.